The molecule has 1 aliphatic carbocycles. The summed E-state index contributed by atoms with van der Waals surface area (Å²) in [5.41, 5.74) is 0.478. The van der Waals surface area contributed by atoms with Gasteiger partial charge in [-0.2, -0.15) is 4.39 Å². The number of piperidine rings is 1. The fraction of sp³-hybridized carbons (Fsp3) is 0.737. The minimum absolute atomic E-state index is 0.124. The average Bonchev–Trinajstić information content (AvgIpc) is 3.01. The zero-order valence-electron chi connectivity index (χ0n) is 14.6. The highest BCUT2D eigenvalue weighted by Gasteiger charge is 2.44. The third-order valence-electron chi connectivity index (χ3n) is 6.44. The van der Waals surface area contributed by atoms with Crippen LogP contribution in [0.2, 0.25) is 0 Å². The number of halogens is 2. The molecule has 1 atom stereocenters. The van der Waals surface area contributed by atoms with Crippen LogP contribution < -0.4 is 4.90 Å². The van der Waals surface area contributed by atoms with Crippen LogP contribution in [-0.2, 0) is 0 Å². The molecule has 3 heterocycles. The fourth-order valence-electron chi connectivity index (χ4n) is 5.09. The van der Waals surface area contributed by atoms with Gasteiger partial charge < -0.3 is 10.0 Å². The average molecular weight is 351 g/mol. The van der Waals surface area contributed by atoms with Gasteiger partial charge in [0.2, 0.25) is 5.95 Å². The van der Waals surface area contributed by atoms with E-state index in [9.17, 15) is 13.9 Å². The lowest BCUT2D eigenvalue weighted by Crippen LogP contribution is -2.46. The lowest BCUT2D eigenvalue weighted by atomic mass is 9.79. The first-order chi connectivity index (χ1) is 12.0. The molecular weight excluding hydrogens is 324 g/mol. The van der Waals surface area contributed by atoms with Gasteiger partial charge in [-0.15, -0.1) is 0 Å². The second-order valence-electron chi connectivity index (χ2n) is 8.17. The van der Waals surface area contributed by atoms with Gasteiger partial charge in [0.05, 0.1) is 18.0 Å². The zero-order chi connectivity index (χ0) is 17.4. The molecule has 25 heavy (non-hydrogen) atoms. The minimum atomic E-state index is -0.574. The number of aliphatic hydroxyl groups excluding tert-OH is 1. The van der Waals surface area contributed by atoms with Crippen LogP contribution >= 0.6 is 0 Å². The summed E-state index contributed by atoms with van der Waals surface area (Å²) in [6.45, 7) is 3.66. The maximum atomic E-state index is 14.1. The lowest BCUT2D eigenvalue weighted by molar-refractivity contribution is 0.0770. The number of aliphatic hydroxyl groups is 1. The van der Waals surface area contributed by atoms with Crippen LogP contribution in [0.15, 0.2) is 12.3 Å². The fourth-order valence-corrected chi connectivity index (χ4v) is 5.09. The van der Waals surface area contributed by atoms with E-state index >= 15 is 0 Å². The van der Waals surface area contributed by atoms with Gasteiger partial charge in [0.25, 0.3) is 0 Å². The Morgan fingerprint density at radius 2 is 1.88 bits per heavy atom. The number of anilines is 1. The van der Waals surface area contributed by atoms with Crippen molar-refractivity contribution in [1.29, 1.82) is 0 Å². The molecule has 4 rings (SSSR count). The first kappa shape index (κ1) is 17.2. The first-order valence-corrected chi connectivity index (χ1v) is 9.53. The highest BCUT2D eigenvalue weighted by Crippen LogP contribution is 2.42. The third kappa shape index (κ3) is 3.51. The van der Waals surface area contributed by atoms with Gasteiger partial charge in [0.1, 0.15) is 5.82 Å². The predicted octanol–water partition coefficient (Wildman–Crippen LogP) is 2.96. The Balaban J connectivity index is 1.45. The molecule has 2 aliphatic heterocycles. The molecule has 1 N–H and O–H groups in total. The van der Waals surface area contributed by atoms with Crippen molar-refractivity contribution in [3.63, 3.8) is 0 Å². The van der Waals surface area contributed by atoms with E-state index in [1.54, 1.807) is 0 Å². The molecule has 0 aromatic carbocycles. The summed E-state index contributed by atoms with van der Waals surface area (Å²) in [6.07, 6.45) is 8.04. The molecular formula is C19H27F2N3O. The summed E-state index contributed by atoms with van der Waals surface area (Å²) in [7, 11) is 0. The third-order valence-corrected chi connectivity index (χ3v) is 6.44. The summed E-state index contributed by atoms with van der Waals surface area (Å²) < 4.78 is 27.6. The minimum Gasteiger partial charge on any atom is -0.393 e. The normalized spacial score (nSPS) is 34.0. The van der Waals surface area contributed by atoms with E-state index in [1.165, 1.54) is 6.07 Å². The van der Waals surface area contributed by atoms with Gasteiger partial charge in [-0.1, -0.05) is 0 Å². The molecule has 0 radical (unpaired) electrons. The van der Waals surface area contributed by atoms with Crippen molar-refractivity contribution in [2.24, 2.45) is 5.41 Å². The number of hydrogen-bond acceptors (Lipinski definition) is 4. The molecule has 4 nitrogen and oxygen atoms in total. The van der Waals surface area contributed by atoms with Gasteiger partial charge in [-0.25, -0.2) is 9.37 Å². The lowest BCUT2D eigenvalue weighted by Gasteiger charge is -2.42. The number of nitrogens with zero attached hydrogens (tertiary/aromatic N) is 3. The molecule has 0 unspecified atom stereocenters. The van der Waals surface area contributed by atoms with Gasteiger partial charge >= 0.3 is 0 Å². The Morgan fingerprint density at radius 3 is 2.68 bits per heavy atom. The van der Waals surface area contributed by atoms with Crippen molar-refractivity contribution in [2.75, 3.05) is 31.1 Å². The topological polar surface area (TPSA) is 39.6 Å². The van der Waals surface area contributed by atoms with Gasteiger partial charge in [0.15, 0.2) is 0 Å². The quantitative estimate of drug-likeness (QED) is 0.832. The van der Waals surface area contributed by atoms with Crippen LogP contribution in [0.3, 0.4) is 0 Å². The van der Waals surface area contributed by atoms with E-state index in [2.05, 4.69) is 9.88 Å². The number of pyridine rings is 1. The van der Waals surface area contributed by atoms with Crippen LogP contribution in [0.25, 0.3) is 0 Å². The second-order valence-corrected chi connectivity index (χ2v) is 8.17. The largest absolute Gasteiger partial charge is 0.393 e. The van der Waals surface area contributed by atoms with Crippen molar-refractivity contribution in [2.45, 2.75) is 57.1 Å². The standard InChI is InChI=1S/C19H27F2N3O/c20-14-10-17(18(21)22-11-14)24-8-1-6-19(13-24)7-9-23(12-19)15-2-4-16(25)5-3-15/h10-11,15-16,25H,1-9,12-13H2/t15?,16?,19-/m1/s1. The van der Waals surface area contributed by atoms with Crippen molar-refractivity contribution >= 4 is 5.69 Å². The van der Waals surface area contributed by atoms with E-state index < -0.39 is 11.8 Å². The summed E-state index contributed by atoms with van der Waals surface area (Å²) in [4.78, 5) is 8.12. The van der Waals surface area contributed by atoms with Gasteiger partial charge in [0, 0.05) is 37.2 Å². The van der Waals surface area contributed by atoms with Crippen LogP contribution in [0, 0.1) is 17.2 Å². The van der Waals surface area contributed by atoms with Crippen molar-refractivity contribution in [3.05, 3.63) is 24.0 Å². The van der Waals surface area contributed by atoms with Crippen LogP contribution in [0.5, 0.6) is 0 Å². The monoisotopic (exact) mass is 351 g/mol. The Bertz CT molecular complexity index is 621. The highest BCUT2D eigenvalue weighted by atomic mass is 19.1. The molecule has 138 valence electrons. The SMILES string of the molecule is OC1CCC(N2CC[C@]3(CCCN(c4cc(F)cnc4F)C3)C2)CC1. The number of likely N-dealkylation sites (tertiary alicyclic amines) is 1. The van der Waals surface area contributed by atoms with Crippen LogP contribution in [-0.4, -0.2) is 53.3 Å². The molecule has 2 saturated heterocycles. The molecule has 1 saturated carbocycles. The number of hydrogen-bond donors (Lipinski definition) is 1. The molecule has 1 aromatic rings. The van der Waals surface area contributed by atoms with Gasteiger partial charge in [-0.3, -0.25) is 4.90 Å². The highest BCUT2D eigenvalue weighted by molar-refractivity contribution is 5.46. The number of aromatic nitrogens is 1. The summed E-state index contributed by atoms with van der Waals surface area (Å²) in [6, 6.07) is 1.85. The molecule has 0 amide bonds. The second kappa shape index (κ2) is 6.80. The molecule has 3 fully saturated rings. The van der Waals surface area contributed by atoms with Crippen molar-refractivity contribution in [3.8, 4) is 0 Å². The summed E-state index contributed by atoms with van der Waals surface area (Å²) >= 11 is 0. The maximum Gasteiger partial charge on any atom is 0.236 e. The molecule has 6 heteroatoms. The maximum absolute atomic E-state index is 14.1. The molecule has 3 aliphatic rings. The van der Waals surface area contributed by atoms with E-state index in [1.807, 2.05) is 4.90 Å². The van der Waals surface area contributed by atoms with E-state index in [-0.39, 0.29) is 11.5 Å². The number of rotatable bonds is 2. The smallest absolute Gasteiger partial charge is 0.236 e. The Hall–Kier alpha value is -1.27. The van der Waals surface area contributed by atoms with E-state index in [4.69, 9.17) is 0 Å². The molecule has 1 aromatic heterocycles. The summed E-state index contributed by atoms with van der Waals surface area (Å²) in [5, 5.41) is 9.72. The summed E-state index contributed by atoms with van der Waals surface area (Å²) in [5.74, 6) is -1.06. The van der Waals surface area contributed by atoms with Crippen LogP contribution in [0.1, 0.15) is 44.9 Å². The zero-order valence-corrected chi connectivity index (χ0v) is 14.6. The first-order valence-electron chi connectivity index (χ1n) is 9.53. The predicted molar refractivity (Wildman–Crippen MR) is 92.5 cm³/mol. The van der Waals surface area contributed by atoms with Crippen molar-refractivity contribution < 1.29 is 13.9 Å². The van der Waals surface area contributed by atoms with Crippen LogP contribution in [0.4, 0.5) is 14.5 Å². The van der Waals surface area contributed by atoms with E-state index in [0.29, 0.717) is 11.7 Å². The molecule has 0 bridgehead atoms. The molecule has 1 spiro atoms. The van der Waals surface area contributed by atoms with E-state index in [0.717, 1.165) is 77.3 Å². The van der Waals surface area contributed by atoms with Gasteiger partial charge in [-0.05, 0) is 51.5 Å². The Labute approximate surface area is 147 Å². The Kier molecular flexibility index (Phi) is 4.67. The van der Waals surface area contributed by atoms with Crippen molar-refractivity contribution in [1.82, 2.24) is 9.88 Å². The Morgan fingerprint density at radius 1 is 1.08 bits per heavy atom.